The zero-order chi connectivity index (χ0) is 21.3. The number of rotatable bonds is 5. The summed E-state index contributed by atoms with van der Waals surface area (Å²) >= 11 is 0. The summed E-state index contributed by atoms with van der Waals surface area (Å²) in [7, 11) is 0. The molecule has 30 heavy (non-hydrogen) atoms. The predicted octanol–water partition coefficient (Wildman–Crippen LogP) is 5.90. The molecule has 4 nitrogen and oxygen atoms in total. The third-order valence-electron chi connectivity index (χ3n) is 5.99. The van der Waals surface area contributed by atoms with Crippen LogP contribution in [0, 0.1) is 5.92 Å². The Morgan fingerprint density at radius 2 is 1.80 bits per heavy atom. The van der Waals surface area contributed by atoms with Crippen molar-refractivity contribution >= 4 is 34.2 Å². The second kappa shape index (κ2) is 8.31. The molecule has 4 heteroatoms. The van der Waals surface area contributed by atoms with Crippen LogP contribution in [0.1, 0.15) is 54.4 Å². The molecule has 1 unspecified atom stereocenters. The molecule has 3 aromatic rings. The lowest BCUT2D eigenvalue weighted by Crippen LogP contribution is -2.21. The zero-order valence-electron chi connectivity index (χ0n) is 17.9. The van der Waals surface area contributed by atoms with Crippen LogP contribution in [-0.2, 0) is 6.42 Å². The predicted molar refractivity (Wildman–Crippen MR) is 124 cm³/mol. The summed E-state index contributed by atoms with van der Waals surface area (Å²) in [5.41, 5.74) is 6.32. The van der Waals surface area contributed by atoms with Gasteiger partial charge in [-0.3, -0.25) is 0 Å². The number of pyridine rings is 1. The van der Waals surface area contributed by atoms with Crippen molar-refractivity contribution in [3.05, 3.63) is 70.9 Å². The lowest BCUT2D eigenvalue weighted by Gasteiger charge is -2.26. The number of hydrogen-bond acceptors (Lipinski definition) is 3. The summed E-state index contributed by atoms with van der Waals surface area (Å²) in [5.74, 6) is -0.498. The molecule has 0 fully saturated rings. The Morgan fingerprint density at radius 1 is 1.10 bits per heavy atom. The number of hydrogen-bond donors (Lipinski definition) is 1. The molecule has 1 heterocycles. The number of carboxylic acids is 1. The molecule has 1 aromatic heterocycles. The fraction of sp³-hybridized carbons (Fsp3) is 0.308. The van der Waals surface area contributed by atoms with Crippen LogP contribution in [0.25, 0.3) is 22.6 Å². The van der Waals surface area contributed by atoms with Gasteiger partial charge in [-0.25, -0.2) is 9.78 Å². The molecule has 1 aliphatic carbocycles. The van der Waals surface area contributed by atoms with E-state index in [2.05, 4.69) is 56.0 Å². The van der Waals surface area contributed by atoms with Gasteiger partial charge in [0.1, 0.15) is 0 Å². The third-order valence-corrected chi connectivity index (χ3v) is 5.99. The van der Waals surface area contributed by atoms with Gasteiger partial charge in [0.25, 0.3) is 0 Å². The van der Waals surface area contributed by atoms with Gasteiger partial charge in [-0.2, -0.15) is 0 Å². The minimum Gasteiger partial charge on any atom is -0.478 e. The minimum absolute atomic E-state index is 0.375. The van der Waals surface area contributed by atoms with Crippen LogP contribution in [0.15, 0.2) is 48.5 Å². The maximum atomic E-state index is 12.2. The van der Waals surface area contributed by atoms with Gasteiger partial charge in [-0.05, 0) is 73.6 Å². The van der Waals surface area contributed by atoms with E-state index in [9.17, 15) is 9.90 Å². The highest BCUT2D eigenvalue weighted by atomic mass is 16.4. The topological polar surface area (TPSA) is 53.4 Å². The van der Waals surface area contributed by atoms with Gasteiger partial charge in [-0.1, -0.05) is 37.3 Å². The summed E-state index contributed by atoms with van der Waals surface area (Å²) in [6.07, 6.45) is 3.82. The molecule has 4 rings (SSSR count). The number of fused-ring (bicyclic) bond motifs is 2. The van der Waals surface area contributed by atoms with E-state index < -0.39 is 5.97 Å². The minimum atomic E-state index is -0.873. The molecule has 1 atom stereocenters. The van der Waals surface area contributed by atoms with Gasteiger partial charge < -0.3 is 10.0 Å². The second-order valence-corrected chi connectivity index (χ2v) is 8.08. The van der Waals surface area contributed by atoms with Crippen molar-refractivity contribution in [1.82, 2.24) is 4.98 Å². The highest BCUT2D eigenvalue weighted by molar-refractivity contribution is 6.05. The smallest absolute Gasteiger partial charge is 0.336 e. The summed E-state index contributed by atoms with van der Waals surface area (Å²) in [6.45, 7) is 8.47. The number of para-hydroxylation sites is 1. The number of carboxylic acid groups (broad SMARTS) is 1. The number of carbonyl (C=O) groups is 1. The van der Waals surface area contributed by atoms with Crippen LogP contribution in [0.5, 0.6) is 0 Å². The van der Waals surface area contributed by atoms with Crippen molar-refractivity contribution in [2.75, 3.05) is 18.0 Å². The van der Waals surface area contributed by atoms with Gasteiger partial charge in [0.15, 0.2) is 0 Å². The number of aromatic nitrogens is 1. The summed E-state index contributed by atoms with van der Waals surface area (Å²) < 4.78 is 0. The second-order valence-electron chi connectivity index (χ2n) is 8.08. The number of aromatic carboxylic acids is 1. The molecular formula is C26H28N2O2. The van der Waals surface area contributed by atoms with Crippen LogP contribution in [0.2, 0.25) is 0 Å². The molecular weight excluding hydrogens is 372 g/mol. The van der Waals surface area contributed by atoms with E-state index in [0.717, 1.165) is 59.2 Å². The molecule has 0 saturated carbocycles. The largest absolute Gasteiger partial charge is 0.478 e. The third kappa shape index (κ3) is 3.70. The average Bonchev–Trinajstić information content (AvgIpc) is 2.74. The Balaban J connectivity index is 1.83. The lowest BCUT2D eigenvalue weighted by atomic mass is 9.80. The van der Waals surface area contributed by atoms with E-state index in [1.807, 2.05) is 24.3 Å². The van der Waals surface area contributed by atoms with E-state index in [4.69, 9.17) is 4.98 Å². The highest BCUT2D eigenvalue weighted by Crippen LogP contribution is 2.38. The SMILES string of the molecule is CCN(CC)c1ccc(/C=C2/CC(C)Cc3c2nc2ccccc2c3C(=O)O)cc1. The van der Waals surface area contributed by atoms with Crippen molar-refractivity contribution in [2.24, 2.45) is 5.92 Å². The Hall–Kier alpha value is -3.14. The maximum Gasteiger partial charge on any atom is 0.336 e. The van der Waals surface area contributed by atoms with Crippen LogP contribution in [0.3, 0.4) is 0 Å². The first-order valence-electron chi connectivity index (χ1n) is 10.7. The van der Waals surface area contributed by atoms with E-state index in [0.29, 0.717) is 11.5 Å². The van der Waals surface area contributed by atoms with Crippen molar-refractivity contribution in [2.45, 2.75) is 33.6 Å². The lowest BCUT2D eigenvalue weighted by molar-refractivity contribution is 0.0697. The van der Waals surface area contributed by atoms with Crippen LogP contribution >= 0.6 is 0 Å². The van der Waals surface area contributed by atoms with Crippen LogP contribution < -0.4 is 4.90 Å². The molecule has 0 amide bonds. The fourth-order valence-electron chi connectivity index (χ4n) is 4.55. The van der Waals surface area contributed by atoms with E-state index in [1.54, 1.807) is 0 Å². The van der Waals surface area contributed by atoms with E-state index in [-0.39, 0.29) is 0 Å². The van der Waals surface area contributed by atoms with Gasteiger partial charge in [0.2, 0.25) is 0 Å². The Labute approximate surface area is 177 Å². The van der Waals surface area contributed by atoms with Gasteiger partial charge in [-0.15, -0.1) is 0 Å². The van der Waals surface area contributed by atoms with Crippen molar-refractivity contribution in [1.29, 1.82) is 0 Å². The first-order chi connectivity index (χ1) is 14.5. The van der Waals surface area contributed by atoms with E-state index in [1.165, 1.54) is 5.69 Å². The van der Waals surface area contributed by atoms with Crippen molar-refractivity contribution in [3.8, 4) is 0 Å². The monoisotopic (exact) mass is 400 g/mol. The molecule has 2 aromatic carbocycles. The molecule has 0 radical (unpaired) electrons. The summed E-state index contributed by atoms with van der Waals surface area (Å²) in [4.78, 5) is 19.4. The molecule has 0 bridgehead atoms. The normalized spacial score (nSPS) is 17.2. The van der Waals surface area contributed by atoms with Crippen molar-refractivity contribution < 1.29 is 9.90 Å². The highest BCUT2D eigenvalue weighted by Gasteiger charge is 2.27. The first-order valence-corrected chi connectivity index (χ1v) is 10.7. The first kappa shape index (κ1) is 20.1. The number of nitrogens with zero attached hydrogens (tertiary/aromatic N) is 2. The number of allylic oxidation sites excluding steroid dienone is 1. The molecule has 154 valence electrons. The van der Waals surface area contributed by atoms with Gasteiger partial charge in [0, 0.05) is 24.2 Å². The molecule has 0 aliphatic heterocycles. The van der Waals surface area contributed by atoms with Crippen LogP contribution in [-0.4, -0.2) is 29.1 Å². The van der Waals surface area contributed by atoms with Gasteiger partial charge >= 0.3 is 5.97 Å². The fourth-order valence-corrected chi connectivity index (χ4v) is 4.55. The molecule has 1 N–H and O–H groups in total. The zero-order valence-corrected chi connectivity index (χ0v) is 17.9. The summed E-state index contributed by atoms with van der Waals surface area (Å²) in [6, 6.07) is 16.1. The Kier molecular flexibility index (Phi) is 5.58. The molecule has 1 aliphatic rings. The number of anilines is 1. The summed E-state index contributed by atoms with van der Waals surface area (Å²) in [5, 5.41) is 10.7. The van der Waals surface area contributed by atoms with Crippen LogP contribution in [0.4, 0.5) is 5.69 Å². The molecule has 0 spiro atoms. The quantitative estimate of drug-likeness (QED) is 0.579. The maximum absolute atomic E-state index is 12.2. The standard InChI is InChI=1S/C26H28N2O2/c1-4-28(5-2)20-12-10-18(11-13-20)16-19-14-17(3)15-22-24(26(29)30)21-8-6-7-9-23(21)27-25(19)22/h6-13,16-17H,4-5,14-15H2,1-3H3,(H,29,30)/b19-16-. The number of benzene rings is 2. The Morgan fingerprint density at radius 3 is 2.47 bits per heavy atom. The van der Waals surface area contributed by atoms with E-state index >= 15 is 0 Å². The molecule has 0 saturated heterocycles. The Bertz CT molecular complexity index is 1110. The average molecular weight is 401 g/mol. The van der Waals surface area contributed by atoms with Crippen molar-refractivity contribution in [3.63, 3.8) is 0 Å². The van der Waals surface area contributed by atoms with Gasteiger partial charge in [0.05, 0.1) is 16.8 Å².